The van der Waals surface area contributed by atoms with Gasteiger partial charge in [-0.25, -0.2) is 4.98 Å². The van der Waals surface area contributed by atoms with Crippen LogP contribution in [0.25, 0.3) is 11.0 Å². The molecule has 27 heavy (non-hydrogen) atoms. The topological polar surface area (TPSA) is 56.6 Å². The standard InChI is InChI=1S/C21H29N3O3/c1-14-8-18-9-19(17-4-6-26-7-5-17)24(21(18)22-10-14)13-20(25)23-11-15(2)27-16(3)12-23/h8-10,15-17H,4-7,11-13H2,1-3H3. The number of hydrogen-bond donors (Lipinski definition) is 0. The van der Waals surface area contributed by atoms with Crippen LogP contribution in [0.4, 0.5) is 0 Å². The van der Waals surface area contributed by atoms with Gasteiger partial charge in [0.2, 0.25) is 5.91 Å². The molecule has 2 unspecified atom stereocenters. The van der Waals surface area contributed by atoms with Crippen molar-refractivity contribution in [3.05, 3.63) is 29.6 Å². The molecule has 2 aliphatic heterocycles. The van der Waals surface area contributed by atoms with Crippen LogP contribution in [-0.2, 0) is 20.8 Å². The molecule has 4 heterocycles. The van der Waals surface area contributed by atoms with E-state index in [0.717, 1.165) is 42.7 Å². The average Bonchev–Trinajstić information content (AvgIpc) is 2.99. The summed E-state index contributed by atoms with van der Waals surface area (Å²) in [6.07, 6.45) is 4.03. The van der Waals surface area contributed by atoms with Crippen LogP contribution in [-0.4, -0.2) is 58.9 Å². The third kappa shape index (κ3) is 3.87. The minimum absolute atomic E-state index is 0.0786. The molecule has 2 saturated heterocycles. The van der Waals surface area contributed by atoms with E-state index in [0.29, 0.717) is 25.6 Å². The van der Waals surface area contributed by atoms with Crippen molar-refractivity contribution in [1.29, 1.82) is 0 Å². The van der Waals surface area contributed by atoms with Crippen molar-refractivity contribution in [3.8, 4) is 0 Å². The zero-order valence-corrected chi connectivity index (χ0v) is 16.5. The summed E-state index contributed by atoms with van der Waals surface area (Å²) in [5.74, 6) is 0.564. The number of pyridine rings is 1. The predicted octanol–water partition coefficient (Wildman–Crippen LogP) is 2.87. The maximum absolute atomic E-state index is 13.1. The average molecular weight is 371 g/mol. The van der Waals surface area contributed by atoms with Gasteiger partial charge in [0.1, 0.15) is 12.2 Å². The fourth-order valence-corrected chi connectivity index (χ4v) is 4.39. The van der Waals surface area contributed by atoms with Crippen molar-refractivity contribution < 1.29 is 14.3 Å². The number of amides is 1. The molecular formula is C21H29N3O3. The lowest BCUT2D eigenvalue weighted by Gasteiger charge is -2.35. The van der Waals surface area contributed by atoms with E-state index in [-0.39, 0.29) is 18.1 Å². The van der Waals surface area contributed by atoms with E-state index in [1.807, 2.05) is 24.9 Å². The van der Waals surface area contributed by atoms with Gasteiger partial charge in [-0.05, 0) is 51.3 Å². The van der Waals surface area contributed by atoms with Crippen LogP contribution in [0.3, 0.4) is 0 Å². The van der Waals surface area contributed by atoms with E-state index in [1.165, 1.54) is 5.69 Å². The van der Waals surface area contributed by atoms with Gasteiger partial charge in [0.05, 0.1) is 12.2 Å². The van der Waals surface area contributed by atoms with Crippen LogP contribution in [0.5, 0.6) is 0 Å². The Balaban J connectivity index is 1.65. The van der Waals surface area contributed by atoms with Gasteiger partial charge in [0.25, 0.3) is 0 Å². The zero-order chi connectivity index (χ0) is 19.0. The first-order valence-electron chi connectivity index (χ1n) is 9.98. The number of carbonyl (C=O) groups is 1. The zero-order valence-electron chi connectivity index (χ0n) is 16.5. The van der Waals surface area contributed by atoms with Gasteiger partial charge in [-0.3, -0.25) is 4.79 Å². The largest absolute Gasteiger partial charge is 0.381 e. The number of ether oxygens (including phenoxy) is 2. The number of carbonyl (C=O) groups excluding carboxylic acids is 1. The highest BCUT2D eigenvalue weighted by atomic mass is 16.5. The number of aromatic nitrogens is 2. The van der Waals surface area contributed by atoms with Gasteiger partial charge in [-0.2, -0.15) is 0 Å². The van der Waals surface area contributed by atoms with Gasteiger partial charge >= 0.3 is 0 Å². The Morgan fingerprint density at radius 1 is 1.19 bits per heavy atom. The molecule has 2 aliphatic rings. The highest BCUT2D eigenvalue weighted by molar-refractivity contribution is 5.82. The van der Waals surface area contributed by atoms with Crippen molar-refractivity contribution >= 4 is 16.9 Å². The third-order valence-electron chi connectivity index (χ3n) is 5.61. The summed E-state index contributed by atoms with van der Waals surface area (Å²) in [4.78, 5) is 19.7. The highest BCUT2D eigenvalue weighted by Gasteiger charge is 2.28. The van der Waals surface area contributed by atoms with Crippen LogP contribution >= 0.6 is 0 Å². The summed E-state index contributed by atoms with van der Waals surface area (Å²) in [6, 6.07) is 4.38. The van der Waals surface area contributed by atoms with E-state index in [1.54, 1.807) is 0 Å². The summed E-state index contributed by atoms with van der Waals surface area (Å²) >= 11 is 0. The summed E-state index contributed by atoms with van der Waals surface area (Å²) < 4.78 is 13.5. The second-order valence-electron chi connectivity index (χ2n) is 8.02. The molecule has 6 heteroatoms. The number of morpholine rings is 1. The molecule has 0 radical (unpaired) electrons. The van der Waals surface area contributed by atoms with Gasteiger partial charge in [-0.1, -0.05) is 0 Å². The quantitative estimate of drug-likeness (QED) is 0.832. The Morgan fingerprint density at radius 2 is 1.89 bits per heavy atom. The highest BCUT2D eigenvalue weighted by Crippen LogP contribution is 2.31. The molecule has 0 aromatic carbocycles. The minimum Gasteiger partial charge on any atom is -0.381 e. The molecule has 6 nitrogen and oxygen atoms in total. The van der Waals surface area contributed by atoms with E-state index < -0.39 is 0 Å². The second kappa shape index (κ2) is 7.60. The Kier molecular flexibility index (Phi) is 5.19. The van der Waals surface area contributed by atoms with Gasteiger partial charge < -0.3 is 18.9 Å². The normalized spacial score (nSPS) is 24.5. The Morgan fingerprint density at radius 3 is 2.59 bits per heavy atom. The molecule has 2 fully saturated rings. The van der Waals surface area contributed by atoms with E-state index in [9.17, 15) is 4.79 Å². The summed E-state index contributed by atoms with van der Waals surface area (Å²) in [6.45, 7) is 9.32. The third-order valence-corrected chi connectivity index (χ3v) is 5.61. The number of nitrogens with zero attached hydrogens (tertiary/aromatic N) is 3. The van der Waals surface area contributed by atoms with E-state index >= 15 is 0 Å². The first kappa shape index (κ1) is 18.4. The number of rotatable bonds is 3. The van der Waals surface area contributed by atoms with E-state index in [2.05, 4.69) is 28.6 Å². The Bertz CT molecular complexity index is 815. The monoisotopic (exact) mass is 371 g/mol. The van der Waals surface area contributed by atoms with Crippen LogP contribution in [0.15, 0.2) is 18.3 Å². The fourth-order valence-electron chi connectivity index (χ4n) is 4.39. The molecule has 0 spiro atoms. The molecular weight excluding hydrogens is 342 g/mol. The molecule has 0 aliphatic carbocycles. The summed E-state index contributed by atoms with van der Waals surface area (Å²) in [5.41, 5.74) is 3.26. The van der Waals surface area contributed by atoms with Gasteiger partial charge in [0.15, 0.2) is 0 Å². The van der Waals surface area contributed by atoms with Crippen molar-refractivity contribution in [3.63, 3.8) is 0 Å². The molecule has 2 aromatic rings. The first-order chi connectivity index (χ1) is 13.0. The lowest BCUT2D eigenvalue weighted by molar-refractivity contribution is -0.143. The molecule has 2 atom stereocenters. The van der Waals surface area contributed by atoms with Gasteiger partial charge in [0, 0.05) is 49.5 Å². The molecule has 2 aromatic heterocycles. The van der Waals surface area contributed by atoms with Gasteiger partial charge in [-0.15, -0.1) is 0 Å². The lowest BCUT2D eigenvalue weighted by Crippen LogP contribution is -2.49. The van der Waals surface area contributed by atoms with Crippen molar-refractivity contribution in [2.45, 2.75) is 58.3 Å². The van der Waals surface area contributed by atoms with Crippen molar-refractivity contribution in [2.24, 2.45) is 0 Å². The molecule has 0 N–H and O–H groups in total. The predicted molar refractivity (Wildman–Crippen MR) is 104 cm³/mol. The van der Waals surface area contributed by atoms with Crippen molar-refractivity contribution in [2.75, 3.05) is 26.3 Å². The molecule has 1 amide bonds. The summed E-state index contributed by atoms with van der Waals surface area (Å²) in [7, 11) is 0. The maximum atomic E-state index is 13.1. The first-order valence-corrected chi connectivity index (χ1v) is 9.98. The second-order valence-corrected chi connectivity index (χ2v) is 8.02. The van der Waals surface area contributed by atoms with Crippen LogP contribution < -0.4 is 0 Å². The smallest absolute Gasteiger partial charge is 0.242 e. The van der Waals surface area contributed by atoms with Crippen LogP contribution in [0.2, 0.25) is 0 Å². The molecule has 0 bridgehead atoms. The van der Waals surface area contributed by atoms with Crippen molar-refractivity contribution in [1.82, 2.24) is 14.5 Å². The fraction of sp³-hybridized carbons (Fsp3) is 0.619. The number of aryl methyl sites for hydroxylation is 1. The number of fused-ring (bicyclic) bond motifs is 1. The lowest BCUT2D eigenvalue weighted by atomic mass is 9.96. The molecule has 0 saturated carbocycles. The minimum atomic E-state index is 0.0786. The summed E-state index contributed by atoms with van der Waals surface area (Å²) in [5, 5.41) is 1.12. The SMILES string of the molecule is Cc1cnc2c(c1)cc(C1CCOCC1)n2CC(=O)N1CC(C)OC(C)C1. The Hall–Kier alpha value is -1.92. The van der Waals surface area contributed by atoms with Crippen LogP contribution in [0.1, 0.15) is 43.9 Å². The number of hydrogen-bond acceptors (Lipinski definition) is 4. The molecule has 146 valence electrons. The maximum Gasteiger partial charge on any atom is 0.242 e. The molecule has 4 rings (SSSR count). The van der Waals surface area contributed by atoms with E-state index in [4.69, 9.17) is 9.47 Å². The van der Waals surface area contributed by atoms with Crippen LogP contribution in [0, 0.1) is 6.92 Å². The Labute approximate surface area is 160 Å².